The Kier molecular flexibility index (Phi) is 5.11. The summed E-state index contributed by atoms with van der Waals surface area (Å²) in [5.41, 5.74) is -1.49. The molecule has 1 aromatic carbocycles. The lowest BCUT2D eigenvalue weighted by Crippen LogP contribution is -2.31. The predicted octanol–water partition coefficient (Wildman–Crippen LogP) is 2.75. The Labute approximate surface area is 124 Å². The zero-order valence-corrected chi connectivity index (χ0v) is 11.9. The van der Waals surface area contributed by atoms with Crippen molar-refractivity contribution in [1.82, 2.24) is 5.32 Å². The van der Waals surface area contributed by atoms with E-state index in [2.05, 4.69) is 5.32 Å². The van der Waals surface area contributed by atoms with Crippen LogP contribution in [-0.2, 0) is 0 Å². The van der Waals surface area contributed by atoms with E-state index < -0.39 is 33.7 Å². The molecule has 0 bridgehead atoms. The number of nitrogens with one attached hydrogen (secondary N) is 1. The van der Waals surface area contributed by atoms with E-state index in [4.69, 9.17) is 0 Å². The molecule has 8 heteroatoms. The second-order valence-corrected chi connectivity index (χ2v) is 6.03. The number of nitro groups is 1. The molecule has 1 aliphatic heterocycles. The third-order valence-electron chi connectivity index (χ3n) is 3.37. The molecule has 2 rings (SSSR count). The van der Waals surface area contributed by atoms with Crippen LogP contribution in [-0.4, -0.2) is 28.9 Å². The van der Waals surface area contributed by atoms with Gasteiger partial charge in [-0.25, -0.2) is 4.39 Å². The van der Waals surface area contributed by atoms with E-state index in [-0.39, 0.29) is 0 Å². The number of carbonyl (C=O) groups excluding carboxylic acids is 1. The van der Waals surface area contributed by atoms with Crippen LogP contribution >= 0.6 is 11.8 Å². The molecule has 0 aromatic heterocycles. The van der Waals surface area contributed by atoms with Gasteiger partial charge in [-0.1, -0.05) is 0 Å². The number of halogens is 2. The van der Waals surface area contributed by atoms with Crippen molar-refractivity contribution in [1.29, 1.82) is 0 Å². The number of hydrogen-bond acceptors (Lipinski definition) is 4. The summed E-state index contributed by atoms with van der Waals surface area (Å²) in [6.45, 7) is 0.400. The molecule has 1 aliphatic rings. The molecular weight excluding hydrogens is 302 g/mol. The van der Waals surface area contributed by atoms with Crippen molar-refractivity contribution < 1.29 is 18.5 Å². The van der Waals surface area contributed by atoms with Crippen molar-refractivity contribution in [3.8, 4) is 0 Å². The first-order chi connectivity index (χ1) is 9.99. The second kappa shape index (κ2) is 6.84. The number of nitrogens with zero attached hydrogens (tertiary/aromatic N) is 1. The van der Waals surface area contributed by atoms with Crippen LogP contribution in [0.1, 0.15) is 23.2 Å². The van der Waals surface area contributed by atoms with Gasteiger partial charge in [0.25, 0.3) is 5.91 Å². The van der Waals surface area contributed by atoms with E-state index in [0.29, 0.717) is 24.6 Å². The lowest BCUT2D eigenvalue weighted by molar-refractivity contribution is -0.387. The lowest BCUT2D eigenvalue weighted by Gasteiger charge is -2.21. The maximum absolute atomic E-state index is 13.7. The van der Waals surface area contributed by atoms with Crippen LogP contribution < -0.4 is 5.32 Å². The Bertz CT molecular complexity index is 563. The minimum Gasteiger partial charge on any atom is -0.352 e. The van der Waals surface area contributed by atoms with E-state index in [1.807, 2.05) is 11.8 Å². The average molecular weight is 316 g/mol. The van der Waals surface area contributed by atoms with E-state index >= 15 is 0 Å². The van der Waals surface area contributed by atoms with Gasteiger partial charge in [-0.3, -0.25) is 14.9 Å². The first-order valence-corrected chi connectivity index (χ1v) is 7.64. The Hall–Kier alpha value is -1.70. The summed E-state index contributed by atoms with van der Waals surface area (Å²) in [5.74, 6) is -0.677. The van der Waals surface area contributed by atoms with Crippen LogP contribution in [0.3, 0.4) is 0 Å². The van der Waals surface area contributed by atoms with Gasteiger partial charge >= 0.3 is 5.69 Å². The maximum atomic E-state index is 13.7. The SMILES string of the molecule is O=C(NCC1CCSCC1)c1cc(F)c([N+](=O)[O-])cc1F. The molecule has 0 radical (unpaired) electrons. The summed E-state index contributed by atoms with van der Waals surface area (Å²) in [7, 11) is 0. The highest BCUT2D eigenvalue weighted by atomic mass is 32.2. The Morgan fingerprint density at radius 1 is 1.33 bits per heavy atom. The predicted molar refractivity (Wildman–Crippen MR) is 75.4 cm³/mol. The zero-order valence-electron chi connectivity index (χ0n) is 11.1. The maximum Gasteiger partial charge on any atom is 0.307 e. The van der Waals surface area contributed by atoms with Gasteiger partial charge in [0.1, 0.15) is 5.82 Å². The highest BCUT2D eigenvalue weighted by Crippen LogP contribution is 2.23. The molecular formula is C13H14F2N2O3S. The van der Waals surface area contributed by atoms with Gasteiger partial charge in [0.2, 0.25) is 5.82 Å². The van der Waals surface area contributed by atoms with Crippen molar-refractivity contribution >= 4 is 23.4 Å². The molecule has 0 saturated carbocycles. The van der Waals surface area contributed by atoms with E-state index in [9.17, 15) is 23.7 Å². The standard InChI is InChI=1S/C13H14F2N2O3S/c14-10-6-12(17(19)20)11(15)5-9(10)13(18)16-7-8-1-3-21-4-2-8/h5-6,8H,1-4,7H2,(H,16,18). The fraction of sp³-hybridized carbons (Fsp3) is 0.462. The zero-order chi connectivity index (χ0) is 15.4. The highest BCUT2D eigenvalue weighted by molar-refractivity contribution is 7.99. The molecule has 1 fully saturated rings. The largest absolute Gasteiger partial charge is 0.352 e. The number of rotatable bonds is 4. The van der Waals surface area contributed by atoms with Crippen LogP contribution in [0.4, 0.5) is 14.5 Å². The quantitative estimate of drug-likeness (QED) is 0.685. The summed E-state index contributed by atoms with van der Waals surface area (Å²) < 4.78 is 27.1. The third-order valence-corrected chi connectivity index (χ3v) is 4.42. The second-order valence-electron chi connectivity index (χ2n) is 4.81. The van der Waals surface area contributed by atoms with Crippen LogP contribution in [0.5, 0.6) is 0 Å². The number of benzene rings is 1. The molecule has 0 aliphatic carbocycles. The summed E-state index contributed by atoms with van der Waals surface area (Å²) in [6.07, 6.45) is 1.95. The first kappa shape index (κ1) is 15.7. The van der Waals surface area contributed by atoms with Crippen molar-refractivity contribution in [3.05, 3.63) is 39.4 Å². The van der Waals surface area contributed by atoms with Crippen molar-refractivity contribution in [3.63, 3.8) is 0 Å². The molecule has 1 heterocycles. The van der Waals surface area contributed by atoms with Gasteiger partial charge in [-0.2, -0.15) is 16.2 Å². The van der Waals surface area contributed by atoms with Crippen molar-refractivity contribution in [2.45, 2.75) is 12.8 Å². The third kappa shape index (κ3) is 3.90. The number of hydrogen-bond donors (Lipinski definition) is 1. The smallest absolute Gasteiger partial charge is 0.307 e. The Balaban J connectivity index is 2.05. The summed E-state index contributed by atoms with van der Waals surface area (Å²) in [6, 6.07) is 1.00. The molecule has 0 spiro atoms. The summed E-state index contributed by atoms with van der Waals surface area (Å²) in [5, 5.41) is 13.0. The molecule has 5 nitrogen and oxygen atoms in total. The molecule has 1 saturated heterocycles. The molecule has 0 unspecified atom stereocenters. The van der Waals surface area contributed by atoms with Gasteiger partial charge in [0.15, 0.2) is 0 Å². The number of carbonyl (C=O) groups is 1. The molecule has 1 amide bonds. The fourth-order valence-corrected chi connectivity index (χ4v) is 3.34. The van der Waals surface area contributed by atoms with Crippen molar-refractivity contribution in [2.75, 3.05) is 18.1 Å². The lowest BCUT2D eigenvalue weighted by atomic mass is 10.0. The Morgan fingerprint density at radius 2 is 2.00 bits per heavy atom. The topological polar surface area (TPSA) is 72.2 Å². The normalized spacial score (nSPS) is 15.7. The number of thioether (sulfide) groups is 1. The Morgan fingerprint density at radius 3 is 2.62 bits per heavy atom. The van der Waals surface area contributed by atoms with E-state index in [1.165, 1.54) is 0 Å². The first-order valence-electron chi connectivity index (χ1n) is 6.48. The van der Waals surface area contributed by atoms with Gasteiger partial charge in [-0.15, -0.1) is 0 Å². The molecule has 21 heavy (non-hydrogen) atoms. The summed E-state index contributed by atoms with van der Waals surface area (Å²) in [4.78, 5) is 21.3. The molecule has 0 atom stereocenters. The van der Waals surface area contributed by atoms with Crippen LogP contribution in [0.2, 0.25) is 0 Å². The van der Waals surface area contributed by atoms with Crippen LogP contribution in [0.25, 0.3) is 0 Å². The van der Waals surface area contributed by atoms with Crippen LogP contribution in [0.15, 0.2) is 12.1 Å². The monoisotopic (exact) mass is 316 g/mol. The highest BCUT2D eigenvalue weighted by Gasteiger charge is 2.22. The van der Waals surface area contributed by atoms with Gasteiger partial charge in [0, 0.05) is 6.54 Å². The fourth-order valence-electron chi connectivity index (χ4n) is 2.13. The minimum atomic E-state index is -1.22. The average Bonchev–Trinajstić information content (AvgIpc) is 2.47. The van der Waals surface area contributed by atoms with Gasteiger partial charge in [-0.05, 0) is 36.3 Å². The molecule has 1 N–H and O–H groups in total. The number of nitro benzene ring substituents is 1. The molecule has 114 valence electrons. The van der Waals surface area contributed by atoms with Crippen molar-refractivity contribution in [2.24, 2.45) is 5.92 Å². The minimum absolute atomic E-state index is 0.334. The molecule has 1 aromatic rings. The van der Waals surface area contributed by atoms with E-state index in [1.54, 1.807) is 0 Å². The van der Waals surface area contributed by atoms with Gasteiger partial charge < -0.3 is 5.32 Å². The van der Waals surface area contributed by atoms with Gasteiger partial charge in [0.05, 0.1) is 16.6 Å². The van der Waals surface area contributed by atoms with Crippen LogP contribution in [0, 0.1) is 27.7 Å². The number of amides is 1. The summed E-state index contributed by atoms with van der Waals surface area (Å²) >= 11 is 1.85. The van der Waals surface area contributed by atoms with E-state index in [0.717, 1.165) is 24.3 Å².